The summed E-state index contributed by atoms with van der Waals surface area (Å²) in [5, 5.41) is 11.7. The molecule has 5 heteroatoms. The standard InChI is InChI=1S/C13H23N3O2/c1-2-4-12(11-14)13(17)15-5-3-6-16-7-9-18-10-8-16/h12H,2-10H2,1H3,(H,15,17). The van der Waals surface area contributed by atoms with Crippen molar-refractivity contribution in [2.24, 2.45) is 5.92 Å². The summed E-state index contributed by atoms with van der Waals surface area (Å²) in [6, 6.07) is 2.05. The van der Waals surface area contributed by atoms with E-state index in [0.29, 0.717) is 13.0 Å². The molecule has 5 nitrogen and oxygen atoms in total. The van der Waals surface area contributed by atoms with Gasteiger partial charge in [-0.2, -0.15) is 5.26 Å². The van der Waals surface area contributed by atoms with Gasteiger partial charge in [-0.25, -0.2) is 0 Å². The van der Waals surface area contributed by atoms with Crippen LogP contribution in [0.25, 0.3) is 0 Å². The summed E-state index contributed by atoms with van der Waals surface area (Å²) in [5.74, 6) is -0.611. The number of nitrogens with one attached hydrogen (secondary N) is 1. The molecule has 1 aliphatic rings. The number of rotatable bonds is 7. The summed E-state index contributed by atoms with van der Waals surface area (Å²) in [6.07, 6.45) is 2.43. The third-order valence-corrected chi connectivity index (χ3v) is 3.10. The van der Waals surface area contributed by atoms with Gasteiger partial charge in [-0.05, 0) is 19.4 Å². The number of carbonyl (C=O) groups excluding carboxylic acids is 1. The number of hydrogen-bond acceptors (Lipinski definition) is 4. The van der Waals surface area contributed by atoms with Crippen LogP contribution < -0.4 is 5.32 Å². The van der Waals surface area contributed by atoms with Crippen LogP contribution in [0, 0.1) is 17.2 Å². The second-order valence-corrected chi connectivity index (χ2v) is 4.57. The third-order valence-electron chi connectivity index (χ3n) is 3.10. The van der Waals surface area contributed by atoms with Gasteiger partial charge in [0, 0.05) is 19.6 Å². The Kier molecular flexibility index (Phi) is 7.38. The first-order valence-electron chi connectivity index (χ1n) is 6.75. The Hall–Kier alpha value is -1.12. The van der Waals surface area contributed by atoms with Gasteiger partial charge in [0.15, 0.2) is 0 Å². The topological polar surface area (TPSA) is 65.4 Å². The predicted molar refractivity (Wildman–Crippen MR) is 68.9 cm³/mol. The molecular formula is C13H23N3O2. The second-order valence-electron chi connectivity index (χ2n) is 4.57. The van der Waals surface area contributed by atoms with E-state index in [1.54, 1.807) is 0 Å². The van der Waals surface area contributed by atoms with E-state index in [2.05, 4.69) is 16.3 Å². The summed E-state index contributed by atoms with van der Waals surface area (Å²) in [6.45, 7) is 7.18. The Balaban J connectivity index is 2.09. The van der Waals surface area contributed by atoms with Crippen LogP contribution in [0.1, 0.15) is 26.2 Å². The summed E-state index contributed by atoms with van der Waals surface area (Å²) in [4.78, 5) is 14.0. The van der Waals surface area contributed by atoms with Crippen LogP contribution in [-0.4, -0.2) is 50.2 Å². The number of ether oxygens (including phenoxy) is 1. The van der Waals surface area contributed by atoms with Crippen LogP contribution in [0.5, 0.6) is 0 Å². The quantitative estimate of drug-likeness (QED) is 0.680. The molecule has 1 fully saturated rings. The molecule has 102 valence electrons. The molecule has 0 aromatic heterocycles. The molecule has 1 unspecified atom stereocenters. The lowest BCUT2D eigenvalue weighted by atomic mass is 10.1. The molecule has 1 N–H and O–H groups in total. The molecule has 1 rings (SSSR count). The van der Waals surface area contributed by atoms with Crippen molar-refractivity contribution in [1.29, 1.82) is 5.26 Å². The molecule has 1 heterocycles. The summed E-state index contributed by atoms with van der Waals surface area (Å²) < 4.78 is 5.27. The molecule has 0 spiro atoms. The van der Waals surface area contributed by atoms with E-state index in [1.807, 2.05) is 6.92 Å². The van der Waals surface area contributed by atoms with Gasteiger partial charge in [0.1, 0.15) is 5.92 Å². The summed E-state index contributed by atoms with van der Waals surface area (Å²) in [5.41, 5.74) is 0. The SMILES string of the molecule is CCCC(C#N)C(=O)NCCCN1CCOCC1. The summed E-state index contributed by atoms with van der Waals surface area (Å²) >= 11 is 0. The number of nitrogens with zero attached hydrogens (tertiary/aromatic N) is 2. The monoisotopic (exact) mass is 253 g/mol. The number of nitriles is 1. The van der Waals surface area contributed by atoms with E-state index >= 15 is 0 Å². The maximum atomic E-state index is 11.6. The Morgan fingerprint density at radius 1 is 1.50 bits per heavy atom. The predicted octanol–water partition coefficient (Wildman–Crippen LogP) is 0.765. The second kappa shape index (κ2) is 8.90. The molecule has 0 aromatic rings. The van der Waals surface area contributed by atoms with E-state index in [9.17, 15) is 4.79 Å². The fourth-order valence-corrected chi connectivity index (χ4v) is 2.01. The highest BCUT2D eigenvalue weighted by molar-refractivity contribution is 5.80. The van der Waals surface area contributed by atoms with Crippen molar-refractivity contribution in [2.75, 3.05) is 39.4 Å². The summed E-state index contributed by atoms with van der Waals surface area (Å²) in [7, 11) is 0. The zero-order chi connectivity index (χ0) is 13.2. The van der Waals surface area contributed by atoms with Crippen molar-refractivity contribution in [3.05, 3.63) is 0 Å². The van der Waals surface area contributed by atoms with Crippen molar-refractivity contribution in [1.82, 2.24) is 10.2 Å². The lowest BCUT2D eigenvalue weighted by Gasteiger charge is -2.26. The highest BCUT2D eigenvalue weighted by Gasteiger charge is 2.16. The van der Waals surface area contributed by atoms with Crippen molar-refractivity contribution in [2.45, 2.75) is 26.2 Å². The number of amides is 1. The van der Waals surface area contributed by atoms with E-state index in [4.69, 9.17) is 10.00 Å². The average Bonchev–Trinajstić information content (AvgIpc) is 2.42. The molecule has 1 aliphatic heterocycles. The van der Waals surface area contributed by atoms with Crippen LogP contribution in [0.3, 0.4) is 0 Å². The largest absolute Gasteiger partial charge is 0.379 e. The van der Waals surface area contributed by atoms with E-state index in [1.165, 1.54) is 0 Å². The number of hydrogen-bond donors (Lipinski definition) is 1. The maximum absolute atomic E-state index is 11.6. The minimum Gasteiger partial charge on any atom is -0.379 e. The van der Waals surface area contributed by atoms with Crippen molar-refractivity contribution >= 4 is 5.91 Å². The maximum Gasteiger partial charge on any atom is 0.237 e. The number of morpholine rings is 1. The fraction of sp³-hybridized carbons (Fsp3) is 0.846. The lowest BCUT2D eigenvalue weighted by Crippen LogP contribution is -2.38. The minimum absolute atomic E-state index is 0.124. The Bertz CT molecular complexity index is 282. The third kappa shape index (κ3) is 5.48. The highest BCUT2D eigenvalue weighted by Crippen LogP contribution is 2.04. The van der Waals surface area contributed by atoms with Crippen LogP contribution in [-0.2, 0) is 9.53 Å². The first-order chi connectivity index (χ1) is 8.77. The molecule has 0 bridgehead atoms. The van der Waals surface area contributed by atoms with Gasteiger partial charge in [0.05, 0.1) is 19.3 Å². The van der Waals surface area contributed by atoms with Crippen LogP contribution >= 0.6 is 0 Å². The van der Waals surface area contributed by atoms with E-state index < -0.39 is 5.92 Å². The molecule has 0 radical (unpaired) electrons. The Morgan fingerprint density at radius 3 is 2.83 bits per heavy atom. The van der Waals surface area contributed by atoms with Gasteiger partial charge in [-0.3, -0.25) is 9.69 Å². The van der Waals surface area contributed by atoms with Crippen LogP contribution in [0.2, 0.25) is 0 Å². The first kappa shape index (κ1) is 14.9. The van der Waals surface area contributed by atoms with Crippen molar-refractivity contribution in [3.63, 3.8) is 0 Å². The molecule has 1 saturated heterocycles. The molecular weight excluding hydrogens is 230 g/mol. The first-order valence-corrected chi connectivity index (χ1v) is 6.75. The van der Waals surface area contributed by atoms with Gasteiger partial charge in [0.2, 0.25) is 5.91 Å². The van der Waals surface area contributed by atoms with Gasteiger partial charge >= 0.3 is 0 Å². The fourth-order valence-electron chi connectivity index (χ4n) is 2.01. The van der Waals surface area contributed by atoms with Crippen molar-refractivity contribution in [3.8, 4) is 6.07 Å². The molecule has 0 saturated carbocycles. The molecule has 0 aromatic carbocycles. The van der Waals surface area contributed by atoms with E-state index in [-0.39, 0.29) is 5.91 Å². The smallest absolute Gasteiger partial charge is 0.237 e. The van der Waals surface area contributed by atoms with E-state index in [0.717, 1.165) is 45.7 Å². The van der Waals surface area contributed by atoms with Crippen LogP contribution in [0.15, 0.2) is 0 Å². The molecule has 1 amide bonds. The molecule has 0 aliphatic carbocycles. The zero-order valence-electron chi connectivity index (χ0n) is 11.2. The van der Waals surface area contributed by atoms with Gasteiger partial charge in [0.25, 0.3) is 0 Å². The average molecular weight is 253 g/mol. The molecule has 1 atom stereocenters. The van der Waals surface area contributed by atoms with Gasteiger partial charge in [-0.15, -0.1) is 0 Å². The van der Waals surface area contributed by atoms with Crippen LogP contribution in [0.4, 0.5) is 0 Å². The molecule has 18 heavy (non-hydrogen) atoms. The van der Waals surface area contributed by atoms with Gasteiger partial charge < -0.3 is 10.1 Å². The Labute approximate surface area is 109 Å². The normalized spacial score (nSPS) is 18.0. The van der Waals surface area contributed by atoms with Gasteiger partial charge in [-0.1, -0.05) is 13.3 Å². The lowest BCUT2D eigenvalue weighted by molar-refractivity contribution is -0.123. The minimum atomic E-state index is -0.488. The number of carbonyl (C=O) groups is 1. The Morgan fingerprint density at radius 2 is 2.22 bits per heavy atom. The van der Waals surface area contributed by atoms with Crippen molar-refractivity contribution < 1.29 is 9.53 Å². The zero-order valence-corrected chi connectivity index (χ0v) is 11.2. The highest BCUT2D eigenvalue weighted by atomic mass is 16.5.